The molecule has 0 saturated carbocycles. The molecule has 1 aliphatic heterocycles. The fourth-order valence-corrected chi connectivity index (χ4v) is 10.1. The molecular formula is C77H84F9N5O6. The molecule has 7 N–H and O–H groups in total. The molecule has 4 atom stereocenters. The van der Waals surface area contributed by atoms with Gasteiger partial charge in [0.2, 0.25) is 0 Å². The smallest absolute Gasteiger partial charge is 0.416 e. The molecule has 0 aromatic heterocycles. The quantitative estimate of drug-likeness (QED) is 0.0247. The molecule has 0 amide bonds. The van der Waals surface area contributed by atoms with E-state index in [4.69, 9.17) is 9.47 Å². The second-order valence-corrected chi connectivity index (χ2v) is 23.7. The minimum absolute atomic E-state index is 0.0452. The van der Waals surface area contributed by atoms with Gasteiger partial charge in [0, 0.05) is 88.5 Å². The third kappa shape index (κ3) is 28.4. The number of rotatable bonds is 27. The molecule has 0 fully saturated rings. The van der Waals surface area contributed by atoms with Gasteiger partial charge in [-0.1, -0.05) is 145 Å². The Kier molecular flexibility index (Phi) is 29.7. The van der Waals surface area contributed by atoms with E-state index in [-0.39, 0.29) is 43.8 Å². The minimum Gasteiger partial charge on any atom is -0.491 e. The number of aliphatic hydroxyl groups excluding tert-OH is 4. The molecule has 9 aromatic carbocycles. The summed E-state index contributed by atoms with van der Waals surface area (Å²) in [6, 6.07) is 67.8. The van der Waals surface area contributed by atoms with E-state index >= 15 is 0 Å². The molecule has 97 heavy (non-hydrogen) atoms. The highest BCUT2D eigenvalue weighted by Crippen LogP contribution is 2.32. The number of β-amino-alcohol motifs (C(OH)–C–C–N with tert-alkyl or cyclic N) is 1. The zero-order valence-electron chi connectivity index (χ0n) is 54.1. The number of hydrogen-bond donors (Lipinski definition) is 7. The Morgan fingerprint density at radius 3 is 1.33 bits per heavy atom. The van der Waals surface area contributed by atoms with Gasteiger partial charge in [-0.05, 0) is 151 Å². The van der Waals surface area contributed by atoms with Crippen molar-refractivity contribution in [3.63, 3.8) is 0 Å². The monoisotopic (exact) mass is 1350 g/mol. The van der Waals surface area contributed by atoms with E-state index in [1.54, 1.807) is 0 Å². The summed E-state index contributed by atoms with van der Waals surface area (Å²) < 4.78 is 125. The van der Waals surface area contributed by atoms with Gasteiger partial charge in [0.15, 0.2) is 0 Å². The van der Waals surface area contributed by atoms with Crippen LogP contribution >= 0.6 is 0 Å². The summed E-state index contributed by atoms with van der Waals surface area (Å²) in [6.45, 7) is 8.18. The van der Waals surface area contributed by atoms with Gasteiger partial charge >= 0.3 is 12.4 Å². The Labute approximate surface area is 561 Å². The van der Waals surface area contributed by atoms with Crippen molar-refractivity contribution in [2.45, 2.75) is 95.4 Å². The number of benzene rings is 9. The van der Waals surface area contributed by atoms with Crippen LogP contribution in [0.2, 0.25) is 0 Å². The Morgan fingerprint density at radius 1 is 0.454 bits per heavy atom. The summed E-state index contributed by atoms with van der Waals surface area (Å²) in [4.78, 5) is 4.49. The lowest BCUT2D eigenvalue weighted by atomic mass is 10.00. The number of hydrogen-bond acceptors (Lipinski definition) is 11. The molecule has 4 unspecified atom stereocenters. The topological polar surface area (TPSA) is 142 Å². The predicted molar refractivity (Wildman–Crippen MR) is 364 cm³/mol. The molecule has 0 saturated heterocycles. The molecule has 11 nitrogen and oxygen atoms in total. The number of halogens is 9. The van der Waals surface area contributed by atoms with Crippen LogP contribution in [0.5, 0.6) is 11.5 Å². The Morgan fingerprint density at radius 2 is 0.856 bits per heavy atom. The molecule has 0 spiro atoms. The lowest BCUT2D eigenvalue weighted by molar-refractivity contribution is -0.138. The van der Waals surface area contributed by atoms with Crippen LogP contribution in [0, 0.1) is 12.7 Å². The van der Waals surface area contributed by atoms with E-state index in [0.29, 0.717) is 42.5 Å². The highest BCUT2D eigenvalue weighted by molar-refractivity contribution is 5.47. The number of nitrogens with zero attached hydrogens (tertiary/aromatic N) is 2. The minimum atomic E-state index is -4.39. The van der Waals surface area contributed by atoms with Gasteiger partial charge in [-0.2, -0.15) is 26.3 Å². The van der Waals surface area contributed by atoms with Crippen molar-refractivity contribution in [1.82, 2.24) is 9.80 Å². The largest absolute Gasteiger partial charge is 0.491 e. The molecule has 10 rings (SSSR count). The summed E-state index contributed by atoms with van der Waals surface area (Å²) in [5.74, 6) is -2.36. The van der Waals surface area contributed by atoms with Gasteiger partial charge in [-0.3, -0.25) is 9.80 Å². The van der Waals surface area contributed by atoms with E-state index < -0.39 is 47.7 Å². The van der Waals surface area contributed by atoms with Gasteiger partial charge in [-0.15, -0.1) is 0 Å². The van der Waals surface area contributed by atoms with E-state index in [9.17, 15) is 59.9 Å². The summed E-state index contributed by atoms with van der Waals surface area (Å²) in [5.41, 5.74) is 8.05. The van der Waals surface area contributed by atoms with Crippen molar-refractivity contribution in [3.8, 4) is 11.5 Å². The van der Waals surface area contributed by atoms with Crippen molar-refractivity contribution in [2.75, 3.05) is 68.4 Å². The molecule has 9 aromatic rings. The number of anilines is 3. The Hall–Kier alpha value is -8.89. The Balaban J connectivity index is 0.000000183. The molecule has 1 aliphatic rings. The van der Waals surface area contributed by atoms with Crippen molar-refractivity contribution >= 4 is 17.1 Å². The second kappa shape index (κ2) is 38.2. The van der Waals surface area contributed by atoms with E-state index in [1.807, 2.05) is 61.5 Å². The molecule has 20 heteroatoms. The van der Waals surface area contributed by atoms with Crippen LogP contribution in [-0.4, -0.2) is 107 Å². The van der Waals surface area contributed by atoms with Crippen LogP contribution in [0.25, 0.3) is 0 Å². The Bertz CT molecular complexity index is 3480. The van der Waals surface area contributed by atoms with Gasteiger partial charge in [0.05, 0.1) is 23.3 Å². The summed E-state index contributed by atoms with van der Waals surface area (Å²) in [6.07, 6.45) is -8.61. The molecule has 516 valence electrons. The molecule has 0 radical (unpaired) electrons. The SMILES string of the molecule is CC(F)(F)c1ccc(NCC(O)CNc2ccc(C(F)(F)F)cc2)cc1.Cc1ccc(NCC(O)COc2ccc(F)cc2)cc1.OC(CCc1ccccc1)CN(Cc1ccccc1)Cc1ccccc1.OC(COc1ccc(C(F)(F)F)cc1)CN1CCc2ccccc2C1. The standard InChI is InChI=1S/C24H27NO.C19H20F3NO2.C18H19F5N2O.C16H18FNO2/c26-24(17-16-21-10-4-1-5-11-21)20-25(18-22-12-6-2-7-13-22)19-23-14-8-3-9-15-23;20-19(21,22)16-5-7-18(8-6-16)25-13-17(24)12-23-10-9-14-3-1-2-4-15(14)11-23;1-17(19,20)12-2-6-14(7-3-12)24-10-16(26)11-25-15-8-4-13(5-9-15)18(21,22)23;1-12-2-6-14(7-3-12)18-10-15(19)11-20-16-8-4-13(17)5-9-16/h1-15,24,26H,16-20H2;1-8,17,24H,9-13H2;2-9,16,24-26H,10-11H2,1H3;2-9,15,18-19H,10-11H2,1H3. The van der Waals surface area contributed by atoms with Crippen LogP contribution < -0.4 is 25.4 Å². The van der Waals surface area contributed by atoms with Gasteiger partial charge in [0.25, 0.3) is 5.92 Å². The summed E-state index contributed by atoms with van der Waals surface area (Å²) in [7, 11) is 0. The third-order valence-corrected chi connectivity index (χ3v) is 15.4. The van der Waals surface area contributed by atoms with Gasteiger partial charge in [-0.25, -0.2) is 13.2 Å². The number of alkyl halides is 8. The molecular weight excluding hydrogens is 1260 g/mol. The average Bonchev–Trinajstić information content (AvgIpc) is 1.25. The normalized spacial score (nSPS) is 13.5. The van der Waals surface area contributed by atoms with Crippen LogP contribution in [0.3, 0.4) is 0 Å². The number of aryl methyl sites for hydroxylation is 2. The third-order valence-electron chi connectivity index (χ3n) is 15.4. The van der Waals surface area contributed by atoms with Gasteiger partial charge in [0.1, 0.15) is 42.7 Å². The maximum Gasteiger partial charge on any atom is 0.416 e. The van der Waals surface area contributed by atoms with Crippen LogP contribution in [0.1, 0.15) is 63.4 Å². The van der Waals surface area contributed by atoms with Crippen molar-refractivity contribution in [3.05, 3.63) is 292 Å². The second-order valence-electron chi connectivity index (χ2n) is 23.7. The summed E-state index contributed by atoms with van der Waals surface area (Å²) >= 11 is 0. The first-order valence-corrected chi connectivity index (χ1v) is 31.9. The average molecular weight is 1350 g/mol. The summed E-state index contributed by atoms with van der Waals surface area (Å²) in [5, 5.41) is 49.3. The number of ether oxygens (including phenoxy) is 2. The zero-order valence-corrected chi connectivity index (χ0v) is 54.1. The van der Waals surface area contributed by atoms with Crippen molar-refractivity contribution in [2.24, 2.45) is 0 Å². The van der Waals surface area contributed by atoms with Crippen molar-refractivity contribution in [1.29, 1.82) is 0 Å². The fraction of sp³-hybridized carbons (Fsp3) is 0.299. The maximum absolute atomic E-state index is 13.1. The van der Waals surface area contributed by atoms with E-state index in [0.717, 1.165) is 82.3 Å². The van der Waals surface area contributed by atoms with Crippen LogP contribution in [-0.2, 0) is 50.8 Å². The lowest BCUT2D eigenvalue weighted by Gasteiger charge is -2.30. The van der Waals surface area contributed by atoms with Crippen LogP contribution in [0.4, 0.5) is 56.6 Å². The van der Waals surface area contributed by atoms with E-state index in [1.165, 1.54) is 106 Å². The number of aliphatic hydroxyl groups is 4. The molecule has 1 heterocycles. The van der Waals surface area contributed by atoms with E-state index in [2.05, 4.69) is 111 Å². The highest BCUT2D eigenvalue weighted by Gasteiger charge is 2.31. The molecule has 0 aliphatic carbocycles. The number of nitrogens with one attached hydrogen (secondary N) is 3. The van der Waals surface area contributed by atoms with Gasteiger partial charge < -0.3 is 45.9 Å². The van der Waals surface area contributed by atoms with Crippen molar-refractivity contribution < 1.29 is 69.4 Å². The number of fused-ring (bicyclic) bond motifs is 1. The predicted octanol–water partition coefficient (Wildman–Crippen LogP) is 15.9. The maximum atomic E-state index is 13.1. The first kappa shape index (κ1) is 75.5. The fourth-order valence-electron chi connectivity index (χ4n) is 10.1. The lowest BCUT2D eigenvalue weighted by Crippen LogP contribution is -2.38. The van der Waals surface area contributed by atoms with Crippen LogP contribution in [0.15, 0.2) is 237 Å². The first-order valence-electron chi connectivity index (χ1n) is 31.9. The zero-order chi connectivity index (χ0) is 69.6. The molecule has 0 bridgehead atoms. The first-order chi connectivity index (χ1) is 46.4. The highest BCUT2D eigenvalue weighted by atomic mass is 19.4.